The lowest BCUT2D eigenvalue weighted by Gasteiger charge is -2.21. The molecule has 0 saturated carbocycles. The van der Waals surface area contributed by atoms with E-state index in [4.69, 9.17) is 4.74 Å². The molecule has 7 nitrogen and oxygen atoms in total. The van der Waals surface area contributed by atoms with E-state index in [-0.39, 0.29) is 29.7 Å². The van der Waals surface area contributed by atoms with E-state index >= 15 is 0 Å². The molecule has 162 valence electrons. The lowest BCUT2D eigenvalue weighted by Crippen LogP contribution is -2.41. The van der Waals surface area contributed by atoms with Gasteiger partial charge in [0.1, 0.15) is 5.75 Å². The molecule has 2 aromatic carbocycles. The molecule has 0 heterocycles. The maximum Gasteiger partial charge on any atom is 0.258 e. The number of ether oxygens (including phenoxy) is 1. The third-order valence-corrected chi connectivity index (χ3v) is 5.90. The summed E-state index contributed by atoms with van der Waals surface area (Å²) < 4.78 is 33.3. The Bertz CT molecular complexity index is 993. The van der Waals surface area contributed by atoms with Crippen LogP contribution in [0, 0.1) is 0 Å². The Hall–Kier alpha value is -2.71. The molecule has 0 bridgehead atoms. The van der Waals surface area contributed by atoms with Gasteiger partial charge < -0.3 is 10.1 Å². The largest absolute Gasteiger partial charge is 0.484 e. The highest BCUT2D eigenvalue weighted by molar-refractivity contribution is 7.89. The van der Waals surface area contributed by atoms with Crippen LogP contribution in [0.1, 0.15) is 50.0 Å². The molecule has 0 saturated heterocycles. The highest BCUT2D eigenvalue weighted by Crippen LogP contribution is 2.18. The second kappa shape index (κ2) is 9.86. The van der Waals surface area contributed by atoms with E-state index in [0.29, 0.717) is 23.3 Å². The van der Waals surface area contributed by atoms with Crippen molar-refractivity contribution in [3.8, 4) is 5.75 Å². The SMILES string of the molecule is CCC(=O)c1ccc(OCC(=O)NCc2ccccc2S(=O)(=O)NC(C)(C)C)cc1. The van der Waals surface area contributed by atoms with Crippen molar-refractivity contribution in [1.29, 1.82) is 0 Å². The minimum atomic E-state index is -3.73. The second-order valence-corrected chi connectivity index (χ2v) is 9.48. The molecule has 1 amide bonds. The van der Waals surface area contributed by atoms with Gasteiger partial charge in [0, 0.05) is 24.1 Å². The number of hydrogen-bond donors (Lipinski definition) is 2. The number of sulfonamides is 1. The normalized spacial score (nSPS) is 11.7. The predicted octanol–water partition coefficient (Wildman–Crippen LogP) is 3.05. The summed E-state index contributed by atoms with van der Waals surface area (Å²) in [6.07, 6.45) is 0.422. The van der Waals surface area contributed by atoms with Crippen molar-refractivity contribution in [2.45, 2.75) is 51.1 Å². The van der Waals surface area contributed by atoms with E-state index in [1.807, 2.05) is 0 Å². The lowest BCUT2D eigenvalue weighted by atomic mass is 10.1. The topological polar surface area (TPSA) is 102 Å². The summed E-state index contributed by atoms with van der Waals surface area (Å²) in [5.41, 5.74) is 0.446. The second-order valence-electron chi connectivity index (χ2n) is 7.83. The first-order valence-corrected chi connectivity index (χ1v) is 11.1. The third-order valence-electron chi connectivity index (χ3n) is 4.05. The smallest absolute Gasteiger partial charge is 0.258 e. The number of rotatable bonds is 9. The molecule has 0 fully saturated rings. The molecule has 0 unspecified atom stereocenters. The number of amides is 1. The van der Waals surface area contributed by atoms with Crippen LogP contribution in [0.5, 0.6) is 5.75 Å². The van der Waals surface area contributed by atoms with Gasteiger partial charge in [-0.1, -0.05) is 25.1 Å². The molecule has 0 spiro atoms. The van der Waals surface area contributed by atoms with Crippen LogP contribution in [-0.4, -0.2) is 32.3 Å². The number of ketones is 1. The number of carbonyl (C=O) groups excluding carboxylic acids is 2. The monoisotopic (exact) mass is 432 g/mol. The molecule has 2 rings (SSSR count). The van der Waals surface area contributed by atoms with Gasteiger partial charge in [-0.25, -0.2) is 13.1 Å². The van der Waals surface area contributed by atoms with Gasteiger partial charge in [-0.15, -0.1) is 0 Å². The van der Waals surface area contributed by atoms with Crippen LogP contribution in [0.25, 0.3) is 0 Å². The van der Waals surface area contributed by atoms with Crippen LogP contribution in [0.2, 0.25) is 0 Å². The zero-order valence-corrected chi connectivity index (χ0v) is 18.5. The van der Waals surface area contributed by atoms with Crippen LogP contribution < -0.4 is 14.8 Å². The number of benzene rings is 2. The number of hydrogen-bond acceptors (Lipinski definition) is 5. The maximum atomic E-state index is 12.6. The molecule has 0 aliphatic carbocycles. The van der Waals surface area contributed by atoms with Crippen LogP contribution in [-0.2, 0) is 21.4 Å². The summed E-state index contributed by atoms with van der Waals surface area (Å²) in [4.78, 5) is 23.9. The Morgan fingerprint density at radius 1 is 1.00 bits per heavy atom. The Kier molecular flexibility index (Phi) is 7.75. The van der Waals surface area contributed by atoms with Gasteiger partial charge in [-0.2, -0.15) is 0 Å². The van der Waals surface area contributed by atoms with Crippen molar-refractivity contribution in [1.82, 2.24) is 10.0 Å². The Morgan fingerprint density at radius 3 is 2.23 bits per heavy atom. The summed E-state index contributed by atoms with van der Waals surface area (Å²) >= 11 is 0. The Balaban J connectivity index is 1.96. The molecule has 2 aromatic rings. The van der Waals surface area contributed by atoms with Gasteiger partial charge >= 0.3 is 0 Å². The van der Waals surface area contributed by atoms with Gasteiger partial charge in [0.25, 0.3) is 5.91 Å². The minimum absolute atomic E-state index is 0.0360. The molecule has 0 aliphatic heterocycles. The van der Waals surface area contributed by atoms with Crippen molar-refractivity contribution in [2.75, 3.05) is 6.61 Å². The van der Waals surface area contributed by atoms with Crippen molar-refractivity contribution in [3.63, 3.8) is 0 Å². The van der Waals surface area contributed by atoms with E-state index in [9.17, 15) is 18.0 Å². The summed E-state index contributed by atoms with van der Waals surface area (Å²) in [6.45, 7) is 6.90. The van der Waals surface area contributed by atoms with E-state index in [1.54, 1.807) is 70.2 Å². The van der Waals surface area contributed by atoms with E-state index in [1.165, 1.54) is 6.07 Å². The fourth-order valence-corrected chi connectivity index (χ4v) is 4.36. The summed E-state index contributed by atoms with van der Waals surface area (Å²) in [6, 6.07) is 13.1. The fourth-order valence-electron chi connectivity index (χ4n) is 2.71. The Morgan fingerprint density at radius 2 is 1.63 bits per heavy atom. The average molecular weight is 433 g/mol. The highest BCUT2D eigenvalue weighted by atomic mass is 32.2. The standard InChI is InChI=1S/C22H28N2O5S/c1-5-19(25)16-10-12-18(13-11-16)29-15-21(26)23-14-17-8-6-7-9-20(17)30(27,28)24-22(2,3)4/h6-13,24H,5,14-15H2,1-4H3,(H,23,26). The quantitative estimate of drug-likeness (QED) is 0.593. The average Bonchev–Trinajstić information content (AvgIpc) is 2.69. The molecular formula is C22H28N2O5S. The maximum absolute atomic E-state index is 12.6. The predicted molar refractivity (Wildman–Crippen MR) is 115 cm³/mol. The fraction of sp³-hybridized carbons (Fsp3) is 0.364. The van der Waals surface area contributed by atoms with Crippen molar-refractivity contribution >= 4 is 21.7 Å². The molecule has 8 heteroatoms. The summed E-state index contributed by atoms with van der Waals surface area (Å²) in [7, 11) is -3.73. The summed E-state index contributed by atoms with van der Waals surface area (Å²) in [5, 5.41) is 2.67. The van der Waals surface area contributed by atoms with E-state index in [2.05, 4.69) is 10.0 Å². The Labute approximate surface area is 177 Å². The van der Waals surface area contributed by atoms with Gasteiger partial charge in [0.15, 0.2) is 12.4 Å². The lowest BCUT2D eigenvalue weighted by molar-refractivity contribution is -0.123. The minimum Gasteiger partial charge on any atom is -0.484 e. The molecule has 2 N–H and O–H groups in total. The molecule has 30 heavy (non-hydrogen) atoms. The third kappa shape index (κ3) is 6.96. The number of Topliss-reactive ketones (excluding diaryl/α,β-unsaturated/α-hetero) is 1. The number of carbonyl (C=O) groups is 2. The molecule has 0 aromatic heterocycles. The zero-order valence-electron chi connectivity index (χ0n) is 17.7. The van der Waals surface area contributed by atoms with Crippen LogP contribution in [0.4, 0.5) is 0 Å². The van der Waals surface area contributed by atoms with Gasteiger partial charge in [0.2, 0.25) is 10.0 Å². The first kappa shape index (κ1) is 23.6. The molecule has 0 aliphatic rings. The molecule has 0 atom stereocenters. The first-order chi connectivity index (χ1) is 14.0. The van der Waals surface area contributed by atoms with Crippen LogP contribution >= 0.6 is 0 Å². The molecular weight excluding hydrogens is 404 g/mol. The summed E-state index contributed by atoms with van der Waals surface area (Å²) in [5.74, 6) is 0.115. The highest BCUT2D eigenvalue weighted by Gasteiger charge is 2.24. The van der Waals surface area contributed by atoms with E-state index in [0.717, 1.165) is 0 Å². The first-order valence-electron chi connectivity index (χ1n) is 9.66. The van der Waals surface area contributed by atoms with Crippen LogP contribution in [0.3, 0.4) is 0 Å². The van der Waals surface area contributed by atoms with E-state index < -0.39 is 15.6 Å². The van der Waals surface area contributed by atoms with Gasteiger partial charge in [0.05, 0.1) is 4.90 Å². The van der Waals surface area contributed by atoms with Crippen molar-refractivity contribution < 1.29 is 22.7 Å². The zero-order chi connectivity index (χ0) is 22.4. The van der Waals surface area contributed by atoms with Crippen molar-refractivity contribution in [3.05, 3.63) is 59.7 Å². The van der Waals surface area contributed by atoms with Gasteiger partial charge in [-0.3, -0.25) is 9.59 Å². The van der Waals surface area contributed by atoms with Gasteiger partial charge in [-0.05, 0) is 56.7 Å². The molecule has 0 radical (unpaired) electrons. The number of nitrogens with one attached hydrogen (secondary N) is 2. The van der Waals surface area contributed by atoms with Crippen LogP contribution in [0.15, 0.2) is 53.4 Å². The van der Waals surface area contributed by atoms with Crippen molar-refractivity contribution in [2.24, 2.45) is 0 Å².